The third-order valence-electron chi connectivity index (χ3n) is 8.48. The van der Waals surface area contributed by atoms with Crippen LogP contribution in [-0.2, 0) is 41.8 Å². The lowest BCUT2D eigenvalue weighted by molar-refractivity contribution is -0.138. The predicted molar refractivity (Wildman–Crippen MR) is 223 cm³/mol. The molecule has 0 heterocycles. The molecule has 0 atom stereocenters. The van der Waals surface area contributed by atoms with Gasteiger partial charge in [0.15, 0.2) is 0 Å². The van der Waals surface area contributed by atoms with Crippen LogP contribution in [0.1, 0.15) is 65.4 Å². The third-order valence-corrected chi connectivity index (χ3v) is 8.48. The largest absolute Gasteiger partial charge is 0.493 e. The van der Waals surface area contributed by atoms with Crippen molar-refractivity contribution in [1.29, 1.82) is 0 Å². The maximum Gasteiger partial charge on any atom is 0.343 e. The molecular weight excluding hydrogens is 801 g/mol. The van der Waals surface area contributed by atoms with Crippen LogP contribution in [-0.4, -0.2) is 62.2 Å². The number of ether oxygens (including phenoxy) is 8. The molecule has 0 fully saturated rings. The molecule has 5 aromatic carbocycles. The molecular formula is C48H42O14. The van der Waals surface area contributed by atoms with Gasteiger partial charge in [-0.3, -0.25) is 0 Å². The molecule has 0 aliphatic heterocycles. The van der Waals surface area contributed by atoms with E-state index in [1.165, 1.54) is 24.3 Å². The molecule has 0 N–H and O–H groups in total. The van der Waals surface area contributed by atoms with Crippen LogP contribution in [0.2, 0.25) is 0 Å². The highest BCUT2D eigenvalue weighted by molar-refractivity contribution is 5.92. The van der Waals surface area contributed by atoms with Gasteiger partial charge in [-0.05, 0) is 108 Å². The monoisotopic (exact) mass is 842 g/mol. The number of benzene rings is 5. The summed E-state index contributed by atoms with van der Waals surface area (Å²) < 4.78 is 42.7. The number of hydrogen-bond donors (Lipinski definition) is 0. The van der Waals surface area contributed by atoms with Crippen LogP contribution < -0.4 is 18.9 Å². The van der Waals surface area contributed by atoms with E-state index in [1.54, 1.807) is 97.1 Å². The number of carbonyl (C=O) groups is 6. The quantitative estimate of drug-likeness (QED) is 0.0217. The molecule has 0 aliphatic rings. The van der Waals surface area contributed by atoms with Crippen molar-refractivity contribution in [2.75, 3.05) is 26.4 Å². The zero-order chi connectivity index (χ0) is 44.1. The molecule has 0 unspecified atom stereocenters. The molecule has 0 aliphatic carbocycles. The highest BCUT2D eigenvalue weighted by atomic mass is 16.6. The van der Waals surface area contributed by atoms with Crippen molar-refractivity contribution >= 4 is 35.8 Å². The molecule has 0 radical (unpaired) electrons. The highest BCUT2D eigenvalue weighted by Gasteiger charge is 2.14. The van der Waals surface area contributed by atoms with E-state index in [1.807, 2.05) is 0 Å². The van der Waals surface area contributed by atoms with Crippen molar-refractivity contribution < 1.29 is 66.7 Å². The summed E-state index contributed by atoms with van der Waals surface area (Å²) in [5.74, 6) is -1.76. The maximum atomic E-state index is 12.8. The Kier molecular flexibility index (Phi) is 17.1. The molecule has 318 valence electrons. The molecule has 0 saturated heterocycles. The summed E-state index contributed by atoms with van der Waals surface area (Å²) in [5.41, 5.74) is 2.50. The van der Waals surface area contributed by atoms with Gasteiger partial charge in [0.2, 0.25) is 0 Å². The van der Waals surface area contributed by atoms with Crippen LogP contribution in [0, 0.1) is 0 Å². The van der Waals surface area contributed by atoms with Gasteiger partial charge in [-0.2, -0.15) is 0 Å². The van der Waals surface area contributed by atoms with Crippen LogP contribution in [0.5, 0.6) is 23.0 Å². The van der Waals surface area contributed by atoms with Crippen molar-refractivity contribution in [2.24, 2.45) is 0 Å². The Morgan fingerprint density at radius 1 is 0.371 bits per heavy atom. The molecule has 5 rings (SSSR count). The Labute approximate surface area is 357 Å². The number of rotatable bonds is 22. The van der Waals surface area contributed by atoms with Gasteiger partial charge in [0.1, 0.15) is 36.2 Å². The first-order valence-electron chi connectivity index (χ1n) is 19.2. The zero-order valence-electron chi connectivity index (χ0n) is 33.5. The van der Waals surface area contributed by atoms with E-state index in [0.717, 1.165) is 12.2 Å². The highest BCUT2D eigenvalue weighted by Crippen LogP contribution is 2.21. The lowest BCUT2D eigenvalue weighted by atomic mass is 10.1. The Bertz CT molecular complexity index is 2150. The topological polar surface area (TPSA) is 176 Å². The Morgan fingerprint density at radius 2 is 0.677 bits per heavy atom. The van der Waals surface area contributed by atoms with E-state index >= 15 is 0 Å². The minimum atomic E-state index is -0.620. The van der Waals surface area contributed by atoms with Gasteiger partial charge in [-0.25, -0.2) is 28.8 Å². The number of esters is 6. The van der Waals surface area contributed by atoms with E-state index < -0.39 is 35.8 Å². The second kappa shape index (κ2) is 23.6. The van der Waals surface area contributed by atoms with Crippen molar-refractivity contribution in [3.8, 4) is 23.0 Å². The van der Waals surface area contributed by atoms with E-state index in [-0.39, 0.29) is 49.1 Å². The zero-order valence-corrected chi connectivity index (χ0v) is 33.5. The molecule has 0 amide bonds. The Hall–Kier alpha value is -8.00. The summed E-state index contributed by atoms with van der Waals surface area (Å²) in [6.45, 7) is 7.68. The predicted octanol–water partition coefficient (Wildman–Crippen LogP) is 7.84. The van der Waals surface area contributed by atoms with E-state index in [4.69, 9.17) is 37.9 Å². The normalized spacial score (nSPS) is 10.3. The first-order valence-corrected chi connectivity index (χ1v) is 19.2. The average molecular weight is 843 g/mol. The van der Waals surface area contributed by atoms with E-state index in [0.29, 0.717) is 59.8 Å². The van der Waals surface area contributed by atoms with E-state index in [2.05, 4.69) is 13.2 Å². The summed E-state index contributed by atoms with van der Waals surface area (Å²) in [5, 5.41) is 0. The molecule has 0 bridgehead atoms. The minimum Gasteiger partial charge on any atom is -0.493 e. The van der Waals surface area contributed by atoms with Crippen LogP contribution in [0.3, 0.4) is 0 Å². The van der Waals surface area contributed by atoms with Crippen molar-refractivity contribution in [2.45, 2.75) is 26.1 Å². The molecule has 0 aromatic heterocycles. The third kappa shape index (κ3) is 14.7. The van der Waals surface area contributed by atoms with Gasteiger partial charge in [-0.15, -0.1) is 0 Å². The summed E-state index contributed by atoms with van der Waals surface area (Å²) >= 11 is 0. The van der Waals surface area contributed by atoms with Gasteiger partial charge in [-0.1, -0.05) is 37.4 Å². The van der Waals surface area contributed by atoms with Gasteiger partial charge in [0.25, 0.3) is 0 Å². The second-order valence-corrected chi connectivity index (χ2v) is 13.0. The fraction of sp³-hybridized carbons (Fsp3) is 0.167. The van der Waals surface area contributed by atoms with Crippen molar-refractivity contribution in [1.82, 2.24) is 0 Å². The molecule has 62 heavy (non-hydrogen) atoms. The van der Waals surface area contributed by atoms with Crippen LogP contribution in [0.4, 0.5) is 0 Å². The lowest BCUT2D eigenvalue weighted by Gasteiger charge is -2.09. The summed E-state index contributed by atoms with van der Waals surface area (Å²) in [6, 6.07) is 31.6. The molecule has 0 spiro atoms. The van der Waals surface area contributed by atoms with Gasteiger partial charge >= 0.3 is 35.8 Å². The lowest BCUT2D eigenvalue weighted by Crippen LogP contribution is -2.10. The van der Waals surface area contributed by atoms with Crippen LogP contribution >= 0.6 is 0 Å². The molecule has 14 nitrogen and oxygen atoms in total. The van der Waals surface area contributed by atoms with Crippen molar-refractivity contribution in [3.05, 3.63) is 180 Å². The standard InChI is InChI=1S/C48H42O14/c1-3-43(49)57-29-5-27-55-39-19-15-35(16-20-39)45(51)59-31-33-7-11-37(12-8-33)47(53)61-41-23-25-42(26-24-41)62-48(54)38-13-9-34(10-14-38)32-60-46(52)36-17-21-40(22-18-36)56-28-6-30-58-44(50)4-2/h3-4,7-26H,1-2,5-6,27-32H2. The summed E-state index contributed by atoms with van der Waals surface area (Å²) in [7, 11) is 0. The van der Waals surface area contributed by atoms with Gasteiger partial charge in [0.05, 0.1) is 48.7 Å². The number of hydrogen-bond acceptors (Lipinski definition) is 14. The molecule has 0 saturated carbocycles. The van der Waals surface area contributed by atoms with Crippen LogP contribution in [0.15, 0.2) is 147 Å². The smallest absolute Gasteiger partial charge is 0.343 e. The molecule has 5 aromatic rings. The number of carbonyl (C=O) groups excluding carboxylic acids is 6. The minimum absolute atomic E-state index is 0.0225. The van der Waals surface area contributed by atoms with Gasteiger partial charge in [0, 0.05) is 25.0 Å². The summed E-state index contributed by atoms with van der Waals surface area (Å²) in [6.07, 6.45) is 3.18. The first kappa shape index (κ1) is 45.1. The van der Waals surface area contributed by atoms with Crippen LogP contribution in [0.25, 0.3) is 0 Å². The average Bonchev–Trinajstić information content (AvgIpc) is 3.30. The van der Waals surface area contributed by atoms with Crippen molar-refractivity contribution in [3.63, 3.8) is 0 Å². The summed E-state index contributed by atoms with van der Waals surface area (Å²) in [4.78, 5) is 72.8. The fourth-order valence-corrected chi connectivity index (χ4v) is 5.18. The first-order chi connectivity index (χ1) is 30.1. The Morgan fingerprint density at radius 3 is 1.02 bits per heavy atom. The fourth-order valence-electron chi connectivity index (χ4n) is 5.18. The van der Waals surface area contributed by atoms with E-state index in [9.17, 15) is 28.8 Å². The Balaban J connectivity index is 0.989. The maximum absolute atomic E-state index is 12.8. The second-order valence-electron chi connectivity index (χ2n) is 13.0. The SMILES string of the molecule is C=CC(=O)OCCCOc1ccc(C(=O)OCc2ccc(C(=O)Oc3ccc(OC(=O)c4ccc(COC(=O)c5ccc(OCCCOC(=O)C=C)cc5)cc4)cc3)cc2)cc1. The van der Waals surface area contributed by atoms with Gasteiger partial charge < -0.3 is 37.9 Å². The molecule has 14 heteroatoms.